The lowest BCUT2D eigenvalue weighted by Crippen LogP contribution is -2.14. The molecule has 1 aromatic carbocycles. The predicted molar refractivity (Wildman–Crippen MR) is 67.7 cm³/mol. The van der Waals surface area contributed by atoms with Crippen molar-refractivity contribution in [2.24, 2.45) is 11.5 Å². The third-order valence-corrected chi connectivity index (χ3v) is 2.76. The highest BCUT2D eigenvalue weighted by atomic mass is 79.9. The van der Waals surface area contributed by atoms with Gasteiger partial charge in [0.05, 0.1) is 0 Å². The topological polar surface area (TPSA) is 52.0 Å². The maximum Gasteiger partial charge on any atom is 0.101 e. The summed E-state index contributed by atoms with van der Waals surface area (Å²) in [4.78, 5) is 0.338. The van der Waals surface area contributed by atoms with E-state index in [1.165, 1.54) is 0 Å². The minimum Gasteiger partial charge on any atom is -0.398 e. The Balaban J connectivity index is 3.12. The number of benzene rings is 1. The maximum absolute atomic E-state index is 5.89. The summed E-state index contributed by atoms with van der Waals surface area (Å²) in [6.45, 7) is 1.82. The van der Waals surface area contributed by atoms with Crippen molar-refractivity contribution in [3.63, 3.8) is 0 Å². The van der Waals surface area contributed by atoms with Gasteiger partial charge in [0, 0.05) is 15.7 Å². The van der Waals surface area contributed by atoms with Crippen molar-refractivity contribution in [2.45, 2.75) is 6.92 Å². The zero-order valence-corrected chi connectivity index (χ0v) is 10.2. The number of rotatable bonds is 2. The molecule has 0 bridgehead atoms. The van der Waals surface area contributed by atoms with E-state index in [4.69, 9.17) is 23.7 Å². The zero-order valence-electron chi connectivity index (χ0n) is 7.75. The van der Waals surface area contributed by atoms with Crippen molar-refractivity contribution in [3.05, 3.63) is 39.9 Å². The molecular formula is C10H11BrN2S. The third-order valence-electron chi connectivity index (χ3n) is 1.93. The van der Waals surface area contributed by atoms with Gasteiger partial charge in [-0.15, -0.1) is 0 Å². The van der Waals surface area contributed by atoms with Gasteiger partial charge in [0.2, 0.25) is 0 Å². The number of nitrogens with two attached hydrogens (primary N) is 2. The second kappa shape index (κ2) is 4.57. The lowest BCUT2D eigenvalue weighted by atomic mass is 10.1. The largest absolute Gasteiger partial charge is 0.398 e. The van der Waals surface area contributed by atoms with Crippen LogP contribution in [0.1, 0.15) is 12.5 Å². The van der Waals surface area contributed by atoms with Gasteiger partial charge in [0.15, 0.2) is 0 Å². The van der Waals surface area contributed by atoms with E-state index in [1.54, 1.807) is 0 Å². The Bertz CT molecular complexity index is 382. The molecule has 0 fully saturated rings. The molecule has 0 spiro atoms. The smallest absolute Gasteiger partial charge is 0.101 e. The SMILES string of the molecule is CC(C(N)=S)=C(N)c1ccc(Br)cc1. The van der Waals surface area contributed by atoms with E-state index in [9.17, 15) is 0 Å². The van der Waals surface area contributed by atoms with E-state index < -0.39 is 0 Å². The van der Waals surface area contributed by atoms with Gasteiger partial charge in [-0.25, -0.2) is 0 Å². The molecular weight excluding hydrogens is 260 g/mol. The lowest BCUT2D eigenvalue weighted by Gasteiger charge is -2.06. The first-order valence-electron chi connectivity index (χ1n) is 4.04. The zero-order chi connectivity index (χ0) is 10.7. The number of thiocarbonyl (C=S) groups is 1. The van der Waals surface area contributed by atoms with Crippen molar-refractivity contribution in [3.8, 4) is 0 Å². The van der Waals surface area contributed by atoms with E-state index in [2.05, 4.69) is 15.9 Å². The Morgan fingerprint density at radius 1 is 1.21 bits per heavy atom. The molecule has 0 aromatic heterocycles. The van der Waals surface area contributed by atoms with Gasteiger partial charge < -0.3 is 11.5 Å². The first-order chi connectivity index (χ1) is 6.52. The minimum atomic E-state index is 0.338. The van der Waals surface area contributed by atoms with Crippen LogP contribution in [0.2, 0.25) is 0 Å². The fourth-order valence-corrected chi connectivity index (χ4v) is 1.35. The van der Waals surface area contributed by atoms with Gasteiger partial charge in [-0.3, -0.25) is 0 Å². The van der Waals surface area contributed by atoms with Crippen LogP contribution in [-0.2, 0) is 0 Å². The average molecular weight is 271 g/mol. The van der Waals surface area contributed by atoms with Gasteiger partial charge in [0.25, 0.3) is 0 Å². The van der Waals surface area contributed by atoms with E-state index in [-0.39, 0.29) is 0 Å². The predicted octanol–water partition coefficient (Wildman–Crippen LogP) is 2.42. The van der Waals surface area contributed by atoms with Gasteiger partial charge in [0.1, 0.15) is 4.99 Å². The van der Waals surface area contributed by atoms with Gasteiger partial charge in [-0.1, -0.05) is 40.3 Å². The van der Waals surface area contributed by atoms with Crippen LogP contribution in [0, 0.1) is 0 Å². The van der Waals surface area contributed by atoms with Crippen molar-refractivity contribution < 1.29 is 0 Å². The summed E-state index contributed by atoms with van der Waals surface area (Å²) in [7, 11) is 0. The van der Waals surface area contributed by atoms with Gasteiger partial charge in [-0.05, 0) is 24.6 Å². The van der Waals surface area contributed by atoms with Crippen LogP contribution in [0.4, 0.5) is 0 Å². The second-order valence-electron chi connectivity index (χ2n) is 2.91. The Kier molecular flexibility index (Phi) is 3.66. The summed E-state index contributed by atoms with van der Waals surface area (Å²) in [5.74, 6) is 0. The Hall–Kier alpha value is -0.870. The molecule has 0 saturated heterocycles. The van der Waals surface area contributed by atoms with Crippen molar-refractivity contribution in [1.82, 2.24) is 0 Å². The summed E-state index contributed by atoms with van der Waals surface area (Å²) in [5.41, 5.74) is 13.7. The molecule has 74 valence electrons. The van der Waals surface area contributed by atoms with Crippen molar-refractivity contribution in [1.29, 1.82) is 0 Å². The molecule has 0 atom stereocenters. The number of halogens is 1. The van der Waals surface area contributed by atoms with Crippen LogP contribution in [0.5, 0.6) is 0 Å². The Labute approximate surface area is 97.1 Å². The van der Waals surface area contributed by atoms with E-state index in [0.29, 0.717) is 10.7 Å². The van der Waals surface area contributed by atoms with Crippen LogP contribution in [0.25, 0.3) is 5.70 Å². The quantitative estimate of drug-likeness (QED) is 0.641. The normalized spacial score (nSPS) is 12.1. The first-order valence-corrected chi connectivity index (χ1v) is 5.24. The molecule has 4 N–H and O–H groups in total. The molecule has 0 heterocycles. The van der Waals surface area contributed by atoms with Gasteiger partial charge in [-0.2, -0.15) is 0 Å². The van der Waals surface area contributed by atoms with E-state index >= 15 is 0 Å². The molecule has 0 amide bonds. The molecule has 1 rings (SSSR count). The minimum absolute atomic E-state index is 0.338. The standard InChI is InChI=1S/C10H11BrN2S/c1-6(10(13)14)9(12)7-2-4-8(11)5-3-7/h2-5H,12H2,1H3,(H2,13,14). The Morgan fingerprint density at radius 2 is 1.71 bits per heavy atom. The molecule has 0 saturated carbocycles. The molecule has 4 heteroatoms. The van der Waals surface area contributed by atoms with Crippen LogP contribution >= 0.6 is 28.1 Å². The fourth-order valence-electron chi connectivity index (χ4n) is 0.979. The third kappa shape index (κ3) is 2.56. The average Bonchev–Trinajstić information content (AvgIpc) is 2.16. The van der Waals surface area contributed by atoms with Crippen LogP contribution in [0.3, 0.4) is 0 Å². The summed E-state index contributed by atoms with van der Waals surface area (Å²) < 4.78 is 1.02. The first kappa shape index (κ1) is 11.2. The molecule has 0 aliphatic rings. The molecule has 14 heavy (non-hydrogen) atoms. The van der Waals surface area contributed by atoms with E-state index in [0.717, 1.165) is 15.6 Å². The molecule has 0 radical (unpaired) electrons. The fraction of sp³-hybridized carbons (Fsp3) is 0.100. The van der Waals surface area contributed by atoms with E-state index in [1.807, 2.05) is 31.2 Å². The van der Waals surface area contributed by atoms with Crippen molar-refractivity contribution in [2.75, 3.05) is 0 Å². The second-order valence-corrected chi connectivity index (χ2v) is 4.27. The highest BCUT2D eigenvalue weighted by Gasteiger charge is 2.03. The molecule has 0 unspecified atom stereocenters. The Morgan fingerprint density at radius 3 is 2.14 bits per heavy atom. The molecule has 0 aliphatic carbocycles. The summed E-state index contributed by atoms with van der Waals surface area (Å²) in [6.07, 6.45) is 0. The van der Waals surface area contributed by atoms with Crippen LogP contribution in [0.15, 0.2) is 34.3 Å². The molecule has 0 aliphatic heterocycles. The molecule has 1 aromatic rings. The summed E-state index contributed by atoms with van der Waals surface area (Å²) >= 11 is 8.20. The summed E-state index contributed by atoms with van der Waals surface area (Å²) in [6, 6.07) is 7.69. The summed E-state index contributed by atoms with van der Waals surface area (Å²) in [5, 5.41) is 0. The highest BCUT2D eigenvalue weighted by molar-refractivity contribution is 9.10. The number of hydrogen-bond donors (Lipinski definition) is 2. The van der Waals surface area contributed by atoms with Gasteiger partial charge >= 0.3 is 0 Å². The monoisotopic (exact) mass is 270 g/mol. The van der Waals surface area contributed by atoms with Crippen molar-refractivity contribution >= 4 is 38.8 Å². The molecule has 2 nitrogen and oxygen atoms in total. The maximum atomic E-state index is 5.89. The van der Waals surface area contributed by atoms with Crippen LogP contribution in [-0.4, -0.2) is 4.99 Å². The van der Waals surface area contributed by atoms with Crippen LogP contribution < -0.4 is 11.5 Å². The highest BCUT2D eigenvalue weighted by Crippen LogP contribution is 2.17. The number of hydrogen-bond acceptors (Lipinski definition) is 2. The lowest BCUT2D eigenvalue weighted by molar-refractivity contribution is 1.44.